The molecular formula is C11H11BrN4. The Morgan fingerprint density at radius 1 is 1.25 bits per heavy atom. The first-order chi connectivity index (χ1) is 7.67. The normalized spacial score (nSPS) is 9.75. The molecule has 5 heteroatoms. The van der Waals surface area contributed by atoms with Gasteiger partial charge in [0, 0.05) is 16.7 Å². The average Bonchev–Trinajstić information content (AvgIpc) is 2.23. The number of anilines is 1. The first-order valence-electron chi connectivity index (χ1n) is 4.67. The van der Waals surface area contributed by atoms with Gasteiger partial charge in [0.25, 0.3) is 0 Å². The van der Waals surface area contributed by atoms with Crippen molar-refractivity contribution < 1.29 is 0 Å². The van der Waals surface area contributed by atoms with Gasteiger partial charge in [-0.1, -0.05) is 22.0 Å². The van der Waals surface area contributed by atoms with Crippen molar-refractivity contribution in [2.75, 3.05) is 18.8 Å². The zero-order valence-electron chi connectivity index (χ0n) is 8.65. The molecule has 0 atom stereocenters. The van der Waals surface area contributed by atoms with E-state index in [4.69, 9.17) is 16.3 Å². The molecule has 1 rings (SSSR count). The molecular weight excluding hydrogens is 268 g/mol. The maximum atomic E-state index is 8.61. The number of benzene rings is 1. The van der Waals surface area contributed by atoms with Crippen LogP contribution in [0.25, 0.3) is 0 Å². The van der Waals surface area contributed by atoms with E-state index in [0.717, 1.165) is 10.0 Å². The molecule has 0 radical (unpaired) electrons. The van der Waals surface area contributed by atoms with Crippen LogP contribution in [0.5, 0.6) is 0 Å². The van der Waals surface area contributed by atoms with Crippen molar-refractivity contribution in [2.45, 2.75) is 6.54 Å². The summed E-state index contributed by atoms with van der Waals surface area (Å²) in [7, 11) is 0. The predicted molar refractivity (Wildman–Crippen MR) is 65.1 cm³/mol. The van der Waals surface area contributed by atoms with Crippen molar-refractivity contribution in [3.8, 4) is 12.1 Å². The van der Waals surface area contributed by atoms with Gasteiger partial charge < -0.3 is 5.73 Å². The number of hydrogen-bond acceptors (Lipinski definition) is 4. The van der Waals surface area contributed by atoms with Crippen molar-refractivity contribution in [2.24, 2.45) is 0 Å². The van der Waals surface area contributed by atoms with Gasteiger partial charge in [-0.2, -0.15) is 10.5 Å². The Morgan fingerprint density at radius 3 is 2.38 bits per heavy atom. The van der Waals surface area contributed by atoms with Gasteiger partial charge in [-0.05, 0) is 17.7 Å². The van der Waals surface area contributed by atoms with E-state index in [-0.39, 0.29) is 13.1 Å². The second-order valence-electron chi connectivity index (χ2n) is 3.30. The lowest BCUT2D eigenvalue weighted by molar-refractivity contribution is 0.335. The second kappa shape index (κ2) is 6.12. The minimum absolute atomic E-state index is 0.225. The summed E-state index contributed by atoms with van der Waals surface area (Å²) >= 11 is 3.33. The first kappa shape index (κ1) is 12.5. The molecule has 0 unspecified atom stereocenters. The van der Waals surface area contributed by atoms with Crippen LogP contribution in [0.1, 0.15) is 5.56 Å². The van der Waals surface area contributed by atoms with Gasteiger partial charge in [-0.15, -0.1) is 0 Å². The van der Waals surface area contributed by atoms with Gasteiger partial charge in [0.2, 0.25) is 0 Å². The fourth-order valence-electron chi connectivity index (χ4n) is 1.32. The summed E-state index contributed by atoms with van der Waals surface area (Å²) in [6, 6.07) is 9.65. The predicted octanol–water partition coefficient (Wildman–Crippen LogP) is 1.88. The number of nitrogens with two attached hydrogens (primary N) is 1. The minimum atomic E-state index is 0.225. The number of rotatable bonds is 4. The van der Waals surface area contributed by atoms with E-state index in [9.17, 15) is 0 Å². The topological polar surface area (TPSA) is 76.8 Å². The molecule has 0 aliphatic heterocycles. The lowest BCUT2D eigenvalue weighted by Crippen LogP contribution is -2.24. The van der Waals surface area contributed by atoms with Gasteiger partial charge in [0.15, 0.2) is 0 Å². The van der Waals surface area contributed by atoms with Crippen LogP contribution in [0.2, 0.25) is 0 Å². The van der Waals surface area contributed by atoms with Gasteiger partial charge in [0.05, 0.1) is 25.2 Å². The number of nitrogens with zero attached hydrogens (tertiary/aromatic N) is 3. The van der Waals surface area contributed by atoms with Crippen LogP contribution >= 0.6 is 15.9 Å². The number of nitriles is 2. The highest BCUT2D eigenvalue weighted by molar-refractivity contribution is 9.10. The van der Waals surface area contributed by atoms with Crippen molar-refractivity contribution >= 4 is 21.6 Å². The fourth-order valence-corrected chi connectivity index (χ4v) is 1.70. The summed E-state index contributed by atoms with van der Waals surface area (Å²) in [4.78, 5) is 1.74. The molecule has 0 aliphatic rings. The van der Waals surface area contributed by atoms with E-state index >= 15 is 0 Å². The Morgan fingerprint density at radius 2 is 1.88 bits per heavy atom. The van der Waals surface area contributed by atoms with E-state index in [2.05, 4.69) is 15.9 Å². The van der Waals surface area contributed by atoms with Crippen LogP contribution in [0.3, 0.4) is 0 Å². The maximum Gasteiger partial charge on any atom is 0.0877 e. The number of nitrogen functional groups attached to an aromatic ring is 1. The van der Waals surface area contributed by atoms with Crippen LogP contribution in [-0.4, -0.2) is 18.0 Å². The molecule has 0 saturated heterocycles. The molecule has 0 amide bonds. The van der Waals surface area contributed by atoms with Crippen molar-refractivity contribution in [3.05, 3.63) is 28.2 Å². The first-order valence-corrected chi connectivity index (χ1v) is 5.47. The summed E-state index contributed by atoms with van der Waals surface area (Å²) in [5, 5.41) is 17.2. The highest BCUT2D eigenvalue weighted by Crippen LogP contribution is 2.19. The van der Waals surface area contributed by atoms with Crippen molar-refractivity contribution in [3.63, 3.8) is 0 Å². The van der Waals surface area contributed by atoms with Crippen molar-refractivity contribution in [1.82, 2.24) is 4.90 Å². The van der Waals surface area contributed by atoms with Gasteiger partial charge in [0.1, 0.15) is 0 Å². The average molecular weight is 279 g/mol. The number of hydrogen-bond donors (Lipinski definition) is 1. The Hall–Kier alpha value is -1.56. The van der Waals surface area contributed by atoms with Gasteiger partial charge in [-0.3, -0.25) is 4.90 Å². The lowest BCUT2D eigenvalue weighted by Gasteiger charge is -2.16. The smallest absolute Gasteiger partial charge is 0.0877 e. The monoisotopic (exact) mass is 278 g/mol. The summed E-state index contributed by atoms with van der Waals surface area (Å²) in [5.41, 5.74) is 7.43. The Labute approximate surface area is 103 Å². The molecule has 0 aliphatic carbocycles. The molecule has 16 heavy (non-hydrogen) atoms. The highest BCUT2D eigenvalue weighted by Gasteiger charge is 2.07. The highest BCUT2D eigenvalue weighted by atomic mass is 79.9. The van der Waals surface area contributed by atoms with E-state index in [1.54, 1.807) is 4.90 Å². The van der Waals surface area contributed by atoms with Crippen LogP contribution in [-0.2, 0) is 6.54 Å². The molecule has 0 fully saturated rings. The SMILES string of the molecule is N#CCN(CC#N)Cc1ccc(Br)cc1N. The third-order valence-electron chi connectivity index (χ3n) is 2.09. The second-order valence-corrected chi connectivity index (χ2v) is 4.22. The van der Waals surface area contributed by atoms with Crippen LogP contribution in [0.15, 0.2) is 22.7 Å². The molecule has 82 valence electrons. The zero-order chi connectivity index (χ0) is 12.0. The molecule has 1 aromatic carbocycles. The Kier molecular flexibility index (Phi) is 4.78. The molecule has 0 spiro atoms. The van der Waals surface area contributed by atoms with Gasteiger partial charge in [-0.25, -0.2) is 0 Å². The third-order valence-corrected chi connectivity index (χ3v) is 2.58. The van der Waals surface area contributed by atoms with E-state index < -0.39 is 0 Å². The fraction of sp³-hybridized carbons (Fsp3) is 0.273. The summed E-state index contributed by atoms with van der Waals surface area (Å²) in [6.07, 6.45) is 0. The molecule has 0 heterocycles. The number of halogens is 1. The maximum absolute atomic E-state index is 8.61. The molecule has 2 N–H and O–H groups in total. The molecule has 0 bridgehead atoms. The molecule has 0 saturated carbocycles. The minimum Gasteiger partial charge on any atom is -0.398 e. The van der Waals surface area contributed by atoms with Crippen LogP contribution < -0.4 is 5.73 Å². The standard InChI is InChI=1S/C11H11BrN4/c12-10-2-1-9(11(15)7-10)8-16(5-3-13)6-4-14/h1-2,7H,5-6,8,15H2. The molecule has 0 aromatic heterocycles. The van der Waals surface area contributed by atoms with Gasteiger partial charge >= 0.3 is 0 Å². The summed E-state index contributed by atoms with van der Waals surface area (Å²) < 4.78 is 0.917. The van der Waals surface area contributed by atoms with Crippen molar-refractivity contribution in [1.29, 1.82) is 10.5 Å². The quantitative estimate of drug-likeness (QED) is 0.674. The zero-order valence-corrected chi connectivity index (χ0v) is 10.2. The van der Waals surface area contributed by atoms with E-state index in [1.807, 2.05) is 30.3 Å². The largest absolute Gasteiger partial charge is 0.398 e. The van der Waals surface area contributed by atoms with E-state index in [1.165, 1.54) is 0 Å². The summed E-state index contributed by atoms with van der Waals surface area (Å²) in [6.45, 7) is 0.965. The van der Waals surface area contributed by atoms with Crippen LogP contribution in [0.4, 0.5) is 5.69 Å². The molecule has 1 aromatic rings. The third kappa shape index (κ3) is 3.54. The Bertz CT molecular complexity index is 428. The lowest BCUT2D eigenvalue weighted by atomic mass is 10.1. The van der Waals surface area contributed by atoms with E-state index in [0.29, 0.717) is 12.2 Å². The summed E-state index contributed by atoms with van der Waals surface area (Å²) in [5.74, 6) is 0. The molecule has 4 nitrogen and oxygen atoms in total. The van der Waals surface area contributed by atoms with Crippen LogP contribution in [0, 0.1) is 22.7 Å². The Balaban J connectivity index is 2.78.